The van der Waals surface area contributed by atoms with Gasteiger partial charge in [-0.3, -0.25) is 4.57 Å². The maximum Gasteiger partial charge on any atom is 0.238 e. The number of aromatic nitrogens is 5. The lowest BCUT2D eigenvalue weighted by molar-refractivity contribution is 0.669. The predicted octanol–water partition coefficient (Wildman–Crippen LogP) is 13.0. The first-order valence-electron chi connectivity index (χ1n) is 27.9. The number of benzene rings is 8. The summed E-state index contributed by atoms with van der Waals surface area (Å²) in [5.74, 6) is -1.14. The molecule has 6 nitrogen and oxygen atoms in total. The summed E-state index contributed by atoms with van der Waals surface area (Å²) in [7, 11) is 0. The normalized spacial score (nSPS) is 17.0. The molecule has 0 fully saturated rings. The van der Waals surface area contributed by atoms with Crippen molar-refractivity contribution in [2.45, 2.75) is 0 Å². The van der Waals surface area contributed by atoms with Crippen molar-refractivity contribution >= 4 is 65.6 Å². The van der Waals surface area contributed by atoms with E-state index in [1.165, 1.54) is 28.8 Å². The van der Waals surface area contributed by atoms with Crippen LogP contribution in [0.5, 0.6) is 0 Å². The Balaban J connectivity index is 1.28. The van der Waals surface area contributed by atoms with Crippen LogP contribution in [0.15, 0.2) is 192 Å². The summed E-state index contributed by atoms with van der Waals surface area (Å²) in [4.78, 5) is 14.7. The Morgan fingerprint density at radius 1 is 0.421 bits per heavy atom. The standard InChI is InChI=1S/C51H31N5O/c1-2-16-32(17-3-1)40-30-33(31-47-48(40)39-23-9-15-29-46(39)57-47)49-52-50(54-51(53-49)56-43-26-12-6-20-36(43)37-21-7-13-27-44(37)56)38-22-8-14-28-45(38)55-41-24-10-4-18-34(41)35-19-5-11-25-42(35)55/h1-31H/i1D,2D,3D,4D,5D,6D,7D,10D,11D,12D,13D,16D,17D,18D,19D,20D,21D,24D,25D,26D,27D. The van der Waals surface area contributed by atoms with E-state index in [1.54, 1.807) is 36.4 Å². The van der Waals surface area contributed by atoms with Crippen LogP contribution in [0.2, 0.25) is 0 Å². The second-order valence-corrected chi connectivity index (χ2v) is 12.9. The maximum atomic E-state index is 9.29. The van der Waals surface area contributed by atoms with Crippen LogP contribution in [0.4, 0.5) is 0 Å². The van der Waals surface area contributed by atoms with Crippen molar-refractivity contribution in [3.63, 3.8) is 0 Å². The Kier molecular flexibility index (Phi) is 3.75. The van der Waals surface area contributed by atoms with Crippen LogP contribution in [0, 0.1) is 0 Å². The Morgan fingerprint density at radius 3 is 1.63 bits per heavy atom. The molecule has 266 valence electrons. The van der Waals surface area contributed by atoms with Crippen molar-refractivity contribution in [3.05, 3.63) is 188 Å². The van der Waals surface area contributed by atoms with Gasteiger partial charge >= 0.3 is 0 Å². The molecule has 0 amide bonds. The zero-order valence-electron chi connectivity index (χ0n) is 49.9. The summed E-state index contributed by atoms with van der Waals surface area (Å²) >= 11 is 0. The number of fused-ring (bicyclic) bond motifs is 9. The van der Waals surface area contributed by atoms with Crippen molar-refractivity contribution in [3.8, 4) is 45.5 Å². The van der Waals surface area contributed by atoms with Crippen LogP contribution in [0.1, 0.15) is 28.8 Å². The molecule has 12 aromatic rings. The minimum atomic E-state index is -0.745. The van der Waals surface area contributed by atoms with E-state index in [0.717, 1.165) is 4.57 Å². The zero-order valence-corrected chi connectivity index (χ0v) is 28.9. The molecular formula is C51H31N5O. The molecule has 0 aliphatic rings. The Labute approximate surface area is 356 Å². The number of hydrogen-bond acceptors (Lipinski definition) is 4. The first-order chi connectivity index (χ1) is 37.0. The van der Waals surface area contributed by atoms with E-state index in [-0.39, 0.29) is 88.8 Å². The monoisotopic (exact) mass is 750 g/mol. The van der Waals surface area contributed by atoms with Crippen LogP contribution in [0.25, 0.3) is 111 Å². The fourth-order valence-corrected chi connectivity index (χ4v) is 7.42. The molecule has 8 aromatic carbocycles. The van der Waals surface area contributed by atoms with Gasteiger partial charge in [-0.1, -0.05) is 133 Å². The van der Waals surface area contributed by atoms with Crippen molar-refractivity contribution in [1.82, 2.24) is 24.1 Å². The second kappa shape index (κ2) is 12.3. The molecule has 0 atom stereocenters. The summed E-state index contributed by atoms with van der Waals surface area (Å²) in [6, 6.07) is 2.00. The average Bonchev–Trinajstić information content (AvgIpc) is 3.95. The minimum Gasteiger partial charge on any atom is -0.456 e. The van der Waals surface area contributed by atoms with Crippen LogP contribution in [-0.4, -0.2) is 24.1 Å². The van der Waals surface area contributed by atoms with Crippen LogP contribution < -0.4 is 0 Å². The molecule has 0 saturated heterocycles. The highest BCUT2D eigenvalue weighted by Gasteiger charge is 2.22. The lowest BCUT2D eigenvalue weighted by Gasteiger charge is -2.15. The summed E-state index contributed by atoms with van der Waals surface area (Å²) in [5.41, 5.74) is -0.950. The van der Waals surface area contributed by atoms with Crippen LogP contribution in [0.3, 0.4) is 0 Å². The molecule has 0 N–H and O–H groups in total. The van der Waals surface area contributed by atoms with Gasteiger partial charge < -0.3 is 8.98 Å². The maximum absolute atomic E-state index is 9.29. The quantitative estimate of drug-likeness (QED) is 0.176. The second-order valence-electron chi connectivity index (χ2n) is 12.9. The molecule has 57 heavy (non-hydrogen) atoms. The third kappa shape index (κ3) is 4.81. The number of hydrogen-bond donors (Lipinski definition) is 0. The summed E-state index contributed by atoms with van der Waals surface area (Å²) in [6.45, 7) is 0. The van der Waals surface area contributed by atoms with Crippen molar-refractivity contribution in [1.29, 1.82) is 0 Å². The molecule has 6 heteroatoms. The molecule has 0 aliphatic carbocycles. The van der Waals surface area contributed by atoms with Gasteiger partial charge in [-0.05, 0) is 65.6 Å². The summed E-state index contributed by atoms with van der Waals surface area (Å²) in [5, 5.41) is -0.254. The van der Waals surface area contributed by atoms with Gasteiger partial charge in [-0.25, -0.2) is 4.98 Å². The van der Waals surface area contributed by atoms with E-state index in [9.17, 15) is 5.48 Å². The van der Waals surface area contributed by atoms with Gasteiger partial charge in [0, 0.05) is 43.4 Å². The first-order valence-corrected chi connectivity index (χ1v) is 17.4. The predicted molar refractivity (Wildman–Crippen MR) is 232 cm³/mol. The third-order valence-corrected chi connectivity index (χ3v) is 9.78. The van der Waals surface area contributed by atoms with Gasteiger partial charge in [-0.2, -0.15) is 9.97 Å². The molecule has 0 saturated carbocycles. The lowest BCUT2D eigenvalue weighted by atomic mass is 9.97. The minimum absolute atomic E-state index is 0.0127. The topological polar surface area (TPSA) is 61.7 Å². The highest BCUT2D eigenvalue weighted by Crippen LogP contribution is 2.41. The highest BCUT2D eigenvalue weighted by molar-refractivity contribution is 6.14. The Hall–Kier alpha value is -7.83. The van der Waals surface area contributed by atoms with Gasteiger partial charge in [0.1, 0.15) is 11.2 Å². The van der Waals surface area contributed by atoms with Gasteiger partial charge in [0.2, 0.25) is 5.95 Å². The van der Waals surface area contributed by atoms with Gasteiger partial charge in [0.15, 0.2) is 11.6 Å². The number of para-hydroxylation sites is 6. The lowest BCUT2D eigenvalue weighted by Crippen LogP contribution is -2.08. The summed E-state index contributed by atoms with van der Waals surface area (Å²) in [6.07, 6.45) is 0. The van der Waals surface area contributed by atoms with Gasteiger partial charge in [0.05, 0.1) is 56.5 Å². The largest absolute Gasteiger partial charge is 0.456 e. The SMILES string of the molecule is [2H]c1c([2H])c([2H])c(-c2cc(-c3nc(-c4ccccc4-n4c5c([2H])c([2H])c([2H])c([2H])c5c5c([2H])c([2H])c([2H])c([2H])c54)nc(-n4c5c([2H])c([2H])c([2H])c([2H])c5c5c([2H])c([2H])c([2H])c([2H])c54)n3)cc3oc4ccccc4c23)c([2H])c1[2H]. The van der Waals surface area contributed by atoms with Crippen molar-refractivity contribution < 1.29 is 33.2 Å². The molecule has 0 spiro atoms. The van der Waals surface area contributed by atoms with E-state index >= 15 is 0 Å². The Morgan fingerprint density at radius 2 is 0.965 bits per heavy atom. The van der Waals surface area contributed by atoms with E-state index in [2.05, 4.69) is 0 Å². The zero-order chi connectivity index (χ0) is 55.7. The number of rotatable bonds is 5. The van der Waals surface area contributed by atoms with Gasteiger partial charge in [-0.15, -0.1) is 0 Å². The molecule has 0 unspecified atom stereocenters. The molecular weight excluding hydrogens is 699 g/mol. The Bertz CT molecular complexity index is 4590. The number of nitrogens with zero attached hydrogens (tertiary/aromatic N) is 5. The van der Waals surface area contributed by atoms with Crippen molar-refractivity contribution in [2.24, 2.45) is 0 Å². The van der Waals surface area contributed by atoms with Gasteiger partial charge in [0.25, 0.3) is 0 Å². The molecule has 0 bridgehead atoms. The molecule has 4 heterocycles. The molecule has 0 aliphatic heterocycles. The fraction of sp³-hybridized carbons (Fsp3) is 0. The van der Waals surface area contributed by atoms with Crippen LogP contribution in [-0.2, 0) is 0 Å². The fourth-order valence-electron chi connectivity index (χ4n) is 7.42. The van der Waals surface area contributed by atoms with Crippen LogP contribution >= 0.6 is 0 Å². The number of furan rings is 1. The first kappa shape index (κ1) is 17.3. The van der Waals surface area contributed by atoms with Crippen molar-refractivity contribution in [2.75, 3.05) is 0 Å². The molecule has 4 aromatic heterocycles. The average molecular weight is 751 g/mol. The smallest absolute Gasteiger partial charge is 0.238 e. The third-order valence-electron chi connectivity index (χ3n) is 9.78. The van der Waals surface area contributed by atoms with E-state index in [1.807, 2.05) is 0 Å². The molecule has 12 rings (SSSR count). The van der Waals surface area contributed by atoms with E-state index in [0.29, 0.717) is 16.4 Å². The highest BCUT2D eigenvalue weighted by atomic mass is 16.3. The summed E-state index contributed by atoms with van der Waals surface area (Å²) < 4.78 is 195. The van der Waals surface area contributed by atoms with E-state index in [4.69, 9.17) is 42.7 Å². The van der Waals surface area contributed by atoms with E-state index < -0.39 is 133 Å². The molecule has 0 radical (unpaired) electrons.